The molecule has 0 radical (unpaired) electrons. The van der Waals surface area contributed by atoms with E-state index in [1.54, 1.807) is 6.07 Å². The van der Waals surface area contributed by atoms with Crippen LogP contribution in [0, 0.1) is 5.82 Å². The molecule has 0 aliphatic carbocycles. The van der Waals surface area contributed by atoms with E-state index in [1.165, 1.54) is 12.1 Å². The van der Waals surface area contributed by atoms with Gasteiger partial charge in [-0.25, -0.2) is 4.39 Å². The zero-order valence-corrected chi connectivity index (χ0v) is 11.3. The number of carbonyl (C=O) groups excluding carboxylic acids is 1. The largest absolute Gasteiger partial charge is 0.328 e. The molecule has 0 saturated heterocycles. The number of rotatable bonds is 5. The molecule has 0 fully saturated rings. The summed E-state index contributed by atoms with van der Waals surface area (Å²) < 4.78 is 13.6. The molecule has 17 heavy (non-hydrogen) atoms. The van der Waals surface area contributed by atoms with E-state index in [9.17, 15) is 9.18 Å². The molecule has 0 aromatic heterocycles. The van der Waals surface area contributed by atoms with Crippen molar-refractivity contribution in [3.05, 3.63) is 28.5 Å². The zero-order valence-electron chi connectivity index (χ0n) is 9.67. The number of hydrogen-bond donors (Lipinski definition) is 2. The second kappa shape index (κ2) is 6.71. The molecule has 0 aliphatic rings. The first kappa shape index (κ1) is 14.1. The minimum Gasteiger partial charge on any atom is -0.328 e. The average molecular weight is 303 g/mol. The molecule has 0 heterocycles. The van der Waals surface area contributed by atoms with E-state index >= 15 is 0 Å². The summed E-state index contributed by atoms with van der Waals surface area (Å²) in [5, 5.41) is 2.66. The molecule has 0 aliphatic heterocycles. The van der Waals surface area contributed by atoms with Gasteiger partial charge >= 0.3 is 0 Å². The summed E-state index contributed by atoms with van der Waals surface area (Å²) in [7, 11) is 0. The molecule has 1 aromatic carbocycles. The van der Waals surface area contributed by atoms with Crippen molar-refractivity contribution in [3.8, 4) is 0 Å². The summed E-state index contributed by atoms with van der Waals surface area (Å²) in [5.41, 5.74) is 6.04. The fourth-order valence-electron chi connectivity index (χ4n) is 1.39. The Bertz CT molecular complexity index is 396. The van der Waals surface area contributed by atoms with Crippen LogP contribution in [0.5, 0.6) is 0 Å². The Morgan fingerprint density at radius 2 is 2.29 bits per heavy atom. The summed E-state index contributed by atoms with van der Waals surface area (Å²) in [5.74, 6) is -0.504. The molecule has 1 unspecified atom stereocenters. The number of nitrogens with two attached hydrogens (primary N) is 1. The highest BCUT2D eigenvalue weighted by atomic mass is 79.9. The smallest absolute Gasteiger partial charge is 0.224 e. The standard InChI is InChI=1S/C12H16BrFN2O/c1-8(15)3-2-4-12(17)16-11-7-9(14)5-6-10(11)13/h5-8H,2-4,15H2,1H3,(H,16,17). The monoisotopic (exact) mass is 302 g/mol. The lowest BCUT2D eigenvalue weighted by molar-refractivity contribution is -0.116. The predicted molar refractivity (Wildman–Crippen MR) is 70.2 cm³/mol. The first-order chi connectivity index (χ1) is 7.99. The molecule has 1 rings (SSSR count). The third-order valence-corrected chi connectivity index (χ3v) is 2.96. The van der Waals surface area contributed by atoms with Crippen molar-refractivity contribution >= 4 is 27.5 Å². The minimum absolute atomic E-state index is 0.101. The summed E-state index contributed by atoms with van der Waals surface area (Å²) in [6, 6.07) is 4.28. The van der Waals surface area contributed by atoms with Crippen LogP contribution in [0.25, 0.3) is 0 Å². The van der Waals surface area contributed by atoms with Crippen LogP contribution in [0.2, 0.25) is 0 Å². The Morgan fingerprint density at radius 3 is 2.94 bits per heavy atom. The van der Waals surface area contributed by atoms with Gasteiger partial charge in [0.1, 0.15) is 5.82 Å². The lowest BCUT2D eigenvalue weighted by atomic mass is 10.1. The summed E-state index contributed by atoms with van der Waals surface area (Å²) in [6.07, 6.45) is 1.93. The highest BCUT2D eigenvalue weighted by Gasteiger charge is 2.07. The normalized spacial score (nSPS) is 12.2. The molecule has 1 atom stereocenters. The van der Waals surface area contributed by atoms with Crippen molar-refractivity contribution in [2.45, 2.75) is 32.2 Å². The van der Waals surface area contributed by atoms with Gasteiger partial charge in [0.2, 0.25) is 5.91 Å². The Balaban J connectivity index is 2.47. The van der Waals surface area contributed by atoms with E-state index in [0.717, 1.165) is 12.8 Å². The highest BCUT2D eigenvalue weighted by molar-refractivity contribution is 9.10. The summed E-state index contributed by atoms with van der Waals surface area (Å²) in [4.78, 5) is 11.6. The Hall–Kier alpha value is -0.940. The fraction of sp³-hybridized carbons (Fsp3) is 0.417. The van der Waals surface area contributed by atoms with E-state index in [2.05, 4.69) is 21.2 Å². The van der Waals surface area contributed by atoms with Gasteiger partial charge in [0.05, 0.1) is 5.69 Å². The second-order valence-corrected chi connectivity index (χ2v) is 4.90. The number of benzene rings is 1. The van der Waals surface area contributed by atoms with E-state index in [4.69, 9.17) is 5.73 Å². The van der Waals surface area contributed by atoms with Crippen molar-refractivity contribution in [1.82, 2.24) is 0 Å². The van der Waals surface area contributed by atoms with Crippen molar-refractivity contribution < 1.29 is 9.18 Å². The first-order valence-electron chi connectivity index (χ1n) is 5.49. The van der Waals surface area contributed by atoms with E-state index < -0.39 is 0 Å². The Labute approximate surface area is 109 Å². The Kier molecular flexibility index (Phi) is 5.58. The molecule has 3 nitrogen and oxygen atoms in total. The fourth-order valence-corrected chi connectivity index (χ4v) is 1.74. The maximum Gasteiger partial charge on any atom is 0.224 e. The number of nitrogens with one attached hydrogen (secondary N) is 1. The Morgan fingerprint density at radius 1 is 1.59 bits per heavy atom. The van der Waals surface area contributed by atoms with Gasteiger partial charge in [0.15, 0.2) is 0 Å². The van der Waals surface area contributed by atoms with E-state index in [0.29, 0.717) is 16.6 Å². The lowest BCUT2D eigenvalue weighted by Gasteiger charge is -2.08. The van der Waals surface area contributed by atoms with Gasteiger partial charge in [0.25, 0.3) is 0 Å². The van der Waals surface area contributed by atoms with Gasteiger partial charge in [-0.3, -0.25) is 4.79 Å². The van der Waals surface area contributed by atoms with Crippen molar-refractivity contribution in [2.75, 3.05) is 5.32 Å². The maximum absolute atomic E-state index is 13.0. The van der Waals surface area contributed by atoms with Crippen LogP contribution in [0.15, 0.2) is 22.7 Å². The van der Waals surface area contributed by atoms with E-state index in [1.807, 2.05) is 6.92 Å². The number of carbonyl (C=O) groups is 1. The van der Waals surface area contributed by atoms with Gasteiger partial charge in [-0.1, -0.05) is 0 Å². The van der Waals surface area contributed by atoms with Crippen molar-refractivity contribution in [1.29, 1.82) is 0 Å². The molecule has 3 N–H and O–H groups in total. The molecule has 1 amide bonds. The number of hydrogen-bond acceptors (Lipinski definition) is 2. The van der Waals surface area contributed by atoms with Crippen LogP contribution in [0.3, 0.4) is 0 Å². The summed E-state index contributed by atoms with van der Waals surface area (Å²) in [6.45, 7) is 1.90. The van der Waals surface area contributed by atoms with Gasteiger partial charge in [0, 0.05) is 16.9 Å². The van der Waals surface area contributed by atoms with Gasteiger partial charge < -0.3 is 11.1 Å². The SMILES string of the molecule is CC(N)CCCC(=O)Nc1cc(F)ccc1Br. The minimum atomic E-state index is -0.376. The first-order valence-corrected chi connectivity index (χ1v) is 6.29. The second-order valence-electron chi connectivity index (χ2n) is 4.04. The van der Waals surface area contributed by atoms with Gasteiger partial charge in [-0.2, -0.15) is 0 Å². The van der Waals surface area contributed by atoms with Crippen LogP contribution in [0.1, 0.15) is 26.2 Å². The zero-order chi connectivity index (χ0) is 12.8. The third-order valence-electron chi connectivity index (χ3n) is 2.27. The van der Waals surface area contributed by atoms with Crippen molar-refractivity contribution in [2.24, 2.45) is 5.73 Å². The number of anilines is 1. The van der Waals surface area contributed by atoms with E-state index in [-0.39, 0.29) is 17.8 Å². The highest BCUT2D eigenvalue weighted by Crippen LogP contribution is 2.23. The predicted octanol–water partition coefficient (Wildman–Crippen LogP) is 3.04. The molecule has 0 bridgehead atoms. The molecular formula is C12H16BrFN2O. The quantitative estimate of drug-likeness (QED) is 0.878. The maximum atomic E-state index is 13.0. The van der Waals surface area contributed by atoms with Crippen LogP contribution < -0.4 is 11.1 Å². The molecule has 5 heteroatoms. The molecule has 94 valence electrons. The topological polar surface area (TPSA) is 55.1 Å². The molecule has 1 aromatic rings. The average Bonchev–Trinajstić information content (AvgIpc) is 2.23. The number of amides is 1. The van der Waals surface area contributed by atoms with Crippen LogP contribution in [-0.4, -0.2) is 11.9 Å². The lowest BCUT2D eigenvalue weighted by Crippen LogP contribution is -2.17. The summed E-state index contributed by atoms with van der Waals surface area (Å²) >= 11 is 3.25. The molecular weight excluding hydrogens is 287 g/mol. The van der Waals surface area contributed by atoms with Crippen LogP contribution >= 0.6 is 15.9 Å². The molecule has 0 saturated carbocycles. The van der Waals surface area contributed by atoms with Gasteiger partial charge in [-0.15, -0.1) is 0 Å². The molecule has 0 spiro atoms. The number of halogens is 2. The van der Waals surface area contributed by atoms with Gasteiger partial charge in [-0.05, 0) is 53.9 Å². The van der Waals surface area contributed by atoms with Crippen LogP contribution in [-0.2, 0) is 4.79 Å². The van der Waals surface area contributed by atoms with Crippen molar-refractivity contribution in [3.63, 3.8) is 0 Å². The van der Waals surface area contributed by atoms with Crippen LogP contribution in [0.4, 0.5) is 10.1 Å². The third kappa shape index (κ3) is 5.28.